The maximum atomic E-state index is 6.09. The molecule has 0 saturated carbocycles. The van der Waals surface area contributed by atoms with Crippen molar-refractivity contribution in [2.24, 2.45) is 5.84 Å². The third-order valence-electron chi connectivity index (χ3n) is 3.87. The van der Waals surface area contributed by atoms with Crippen molar-refractivity contribution >= 4 is 0 Å². The highest BCUT2D eigenvalue weighted by atomic mass is 16.5. The lowest BCUT2D eigenvalue weighted by Crippen LogP contribution is -2.51. The minimum atomic E-state index is -0.267. The van der Waals surface area contributed by atoms with Gasteiger partial charge in [0.1, 0.15) is 0 Å². The molecule has 4 nitrogen and oxygen atoms in total. The van der Waals surface area contributed by atoms with Gasteiger partial charge in [-0.25, -0.2) is 0 Å². The van der Waals surface area contributed by atoms with Gasteiger partial charge in [0.25, 0.3) is 0 Å². The highest BCUT2D eigenvalue weighted by Crippen LogP contribution is 2.37. The molecule has 1 fully saturated rings. The number of ether oxygens (including phenoxy) is 2. The predicted molar refractivity (Wildman–Crippen MR) is 75.7 cm³/mol. The van der Waals surface area contributed by atoms with Crippen molar-refractivity contribution in [1.82, 2.24) is 5.43 Å². The lowest BCUT2D eigenvalue weighted by atomic mass is 9.82. The van der Waals surface area contributed by atoms with E-state index in [1.807, 2.05) is 6.92 Å². The first kappa shape index (κ1) is 14.5. The van der Waals surface area contributed by atoms with Crippen LogP contribution < -0.4 is 11.3 Å². The van der Waals surface area contributed by atoms with Gasteiger partial charge in [0.15, 0.2) is 0 Å². The van der Waals surface area contributed by atoms with E-state index in [1.165, 1.54) is 11.1 Å². The molecule has 106 valence electrons. The van der Waals surface area contributed by atoms with E-state index >= 15 is 0 Å². The van der Waals surface area contributed by atoms with Crippen LogP contribution in [0.1, 0.15) is 36.9 Å². The number of rotatable bonds is 5. The molecule has 0 aromatic heterocycles. The Labute approximate surface area is 115 Å². The van der Waals surface area contributed by atoms with Crippen LogP contribution in [-0.2, 0) is 9.47 Å². The van der Waals surface area contributed by atoms with E-state index in [2.05, 4.69) is 36.6 Å². The summed E-state index contributed by atoms with van der Waals surface area (Å²) >= 11 is 0. The predicted octanol–water partition coefficient (Wildman–Crippen LogP) is 2.09. The molecule has 1 aliphatic rings. The molecule has 0 aliphatic carbocycles. The quantitative estimate of drug-likeness (QED) is 0.631. The fraction of sp³-hybridized carbons (Fsp3) is 0.600. The summed E-state index contributed by atoms with van der Waals surface area (Å²) in [6.45, 7) is 6.25. The number of benzene rings is 1. The van der Waals surface area contributed by atoms with Crippen molar-refractivity contribution < 1.29 is 9.47 Å². The molecule has 0 amide bonds. The zero-order chi connectivity index (χ0) is 13.7. The van der Waals surface area contributed by atoms with Gasteiger partial charge in [0, 0.05) is 32.7 Å². The zero-order valence-corrected chi connectivity index (χ0v) is 11.8. The van der Waals surface area contributed by atoms with Gasteiger partial charge in [-0.2, -0.15) is 0 Å². The van der Waals surface area contributed by atoms with Crippen LogP contribution >= 0.6 is 0 Å². The Kier molecular flexibility index (Phi) is 4.93. The van der Waals surface area contributed by atoms with Gasteiger partial charge in [-0.15, -0.1) is 0 Å². The molecule has 19 heavy (non-hydrogen) atoms. The summed E-state index contributed by atoms with van der Waals surface area (Å²) in [5.41, 5.74) is 5.10. The first-order valence-electron chi connectivity index (χ1n) is 6.96. The Balaban J connectivity index is 2.28. The summed E-state index contributed by atoms with van der Waals surface area (Å²) in [4.78, 5) is 0. The fourth-order valence-corrected chi connectivity index (χ4v) is 2.83. The van der Waals surface area contributed by atoms with E-state index < -0.39 is 0 Å². The molecule has 1 aliphatic heterocycles. The van der Waals surface area contributed by atoms with E-state index in [-0.39, 0.29) is 11.6 Å². The maximum Gasteiger partial charge on any atom is 0.0932 e. The Morgan fingerprint density at radius 3 is 2.47 bits per heavy atom. The minimum absolute atomic E-state index is 0.00282. The SMILES string of the molecule is CCOC1(C(NN)c2ccc(C)cc2)CCOCC1. The second-order valence-electron chi connectivity index (χ2n) is 5.12. The molecular formula is C15H24N2O2. The van der Waals surface area contributed by atoms with Crippen molar-refractivity contribution in [3.05, 3.63) is 35.4 Å². The molecule has 0 spiro atoms. The topological polar surface area (TPSA) is 56.5 Å². The number of aryl methyl sites for hydroxylation is 1. The summed E-state index contributed by atoms with van der Waals surface area (Å²) < 4.78 is 11.6. The average Bonchev–Trinajstić information content (AvgIpc) is 2.43. The molecule has 1 atom stereocenters. The van der Waals surface area contributed by atoms with E-state index in [1.54, 1.807) is 0 Å². The van der Waals surface area contributed by atoms with Gasteiger partial charge >= 0.3 is 0 Å². The number of nitrogens with two attached hydrogens (primary N) is 1. The maximum absolute atomic E-state index is 6.09. The molecule has 1 aromatic rings. The summed E-state index contributed by atoms with van der Waals surface area (Å²) in [6, 6.07) is 8.46. The lowest BCUT2D eigenvalue weighted by Gasteiger charge is -2.43. The number of hydrogen-bond acceptors (Lipinski definition) is 4. The number of hydrazine groups is 1. The highest BCUT2D eigenvalue weighted by Gasteiger charge is 2.41. The van der Waals surface area contributed by atoms with Crippen molar-refractivity contribution in [2.75, 3.05) is 19.8 Å². The van der Waals surface area contributed by atoms with Gasteiger partial charge < -0.3 is 9.47 Å². The highest BCUT2D eigenvalue weighted by molar-refractivity contribution is 5.26. The standard InChI is InChI=1S/C15H24N2O2/c1-3-19-15(8-10-18-11-9-15)14(17-16)13-6-4-12(2)5-7-13/h4-7,14,17H,3,8-11,16H2,1-2H3. The third kappa shape index (κ3) is 3.15. The second-order valence-corrected chi connectivity index (χ2v) is 5.12. The van der Waals surface area contributed by atoms with Crippen molar-refractivity contribution in [3.63, 3.8) is 0 Å². The smallest absolute Gasteiger partial charge is 0.0932 e. The second kappa shape index (κ2) is 6.48. The summed E-state index contributed by atoms with van der Waals surface area (Å²) in [6.07, 6.45) is 1.73. The van der Waals surface area contributed by atoms with Crippen molar-refractivity contribution in [2.45, 2.75) is 38.3 Å². The van der Waals surface area contributed by atoms with Gasteiger partial charge in [0.2, 0.25) is 0 Å². The van der Waals surface area contributed by atoms with Crippen molar-refractivity contribution in [1.29, 1.82) is 0 Å². The van der Waals surface area contributed by atoms with E-state index in [9.17, 15) is 0 Å². The van der Waals surface area contributed by atoms with E-state index in [0.29, 0.717) is 6.61 Å². The van der Waals surface area contributed by atoms with E-state index in [4.69, 9.17) is 15.3 Å². The number of nitrogens with one attached hydrogen (secondary N) is 1. The zero-order valence-electron chi connectivity index (χ0n) is 11.8. The Hall–Kier alpha value is -0.940. The van der Waals surface area contributed by atoms with Crippen LogP contribution in [0, 0.1) is 6.92 Å². The monoisotopic (exact) mass is 264 g/mol. The molecule has 3 N–H and O–H groups in total. The lowest BCUT2D eigenvalue weighted by molar-refractivity contribution is -0.128. The summed E-state index contributed by atoms with van der Waals surface area (Å²) in [5, 5.41) is 0. The molecule has 0 bridgehead atoms. The van der Waals surface area contributed by atoms with Crippen molar-refractivity contribution in [3.8, 4) is 0 Å². The summed E-state index contributed by atoms with van der Waals surface area (Å²) in [7, 11) is 0. The normalized spacial score (nSPS) is 20.2. The first-order valence-corrected chi connectivity index (χ1v) is 6.96. The molecule has 1 aromatic carbocycles. The molecule has 1 heterocycles. The van der Waals surface area contributed by atoms with Gasteiger partial charge in [-0.1, -0.05) is 29.8 Å². The Morgan fingerprint density at radius 1 is 1.32 bits per heavy atom. The van der Waals surface area contributed by atoms with Gasteiger partial charge in [-0.3, -0.25) is 11.3 Å². The van der Waals surface area contributed by atoms with Crippen LogP contribution in [-0.4, -0.2) is 25.4 Å². The molecule has 4 heteroatoms. The molecule has 1 saturated heterocycles. The van der Waals surface area contributed by atoms with Crippen LogP contribution in [0.3, 0.4) is 0 Å². The molecule has 2 rings (SSSR count). The van der Waals surface area contributed by atoms with Gasteiger partial charge in [-0.05, 0) is 19.4 Å². The molecule has 1 unspecified atom stereocenters. The van der Waals surface area contributed by atoms with Crippen LogP contribution in [0.5, 0.6) is 0 Å². The largest absolute Gasteiger partial charge is 0.381 e. The summed E-state index contributed by atoms with van der Waals surface area (Å²) in [5.74, 6) is 5.82. The fourth-order valence-electron chi connectivity index (χ4n) is 2.83. The average molecular weight is 264 g/mol. The van der Waals surface area contributed by atoms with Crippen LogP contribution in [0.4, 0.5) is 0 Å². The minimum Gasteiger partial charge on any atom is -0.381 e. The Bertz CT molecular complexity index is 380. The molecular weight excluding hydrogens is 240 g/mol. The van der Waals surface area contributed by atoms with Crippen LogP contribution in [0.2, 0.25) is 0 Å². The van der Waals surface area contributed by atoms with Gasteiger partial charge in [0.05, 0.1) is 11.6 Å². The van der Waals surface area contributed by atoms with Crippen LogP contribution in [0.25, 0.3) is 0 Å². The van der Waals surface area contributed by atoms with Crippen LogP contribution in [0.15, 0.2) is 24.3 Å². The molecule has 0 radical (unpaired) electrons. The first-order chi connectivity index (χ1) is 9.22. The Morgan fingerprint density at radius 2 is 1.95 bits per heavy atom. The van der Waals surface area contributed by atoms with E-state index in [0.717, 1.165) is 26.1 Å². The third-order valence-corrected chi connectivity index (χ3v) is 3.87. The number of hydrogen-bond donors (Lipinski definition) is 2.